The Morgan fingerprint density at radius 2 is 0.625 bits per heavy atom. The van der Waals surface area contributed by atoms with Gasteiger partial charge in [-0.25, -0.2) is 0 Å². The van der Waals surface area contributed by atoms with E-state index in [1.807, 2.05) is 0 Å². The molecule has 94 valence electrons. The number of terminal acetylenes is 4. The first kappa shape index (κ1) is 36.0. The number of unbranched alkanes of at least 4 members (excludes halogenated alkanes) is 2. The van der Waals surface area contributed by atoms with Gasteiger partial charge in [-0.2, -0.15) is 0 Å². The van der Waals surface area contributed by atoms with Gasteiger partial charge >= 0.3 is 0 Å². The first-order valence-corrected chi connectivity index (χ1v) is 3.57. The quantitative estimate of drug-likeness (QED) is 0.237. The monoisotopic (exact) mass is 432 g/mol. The van der Waals surface area contributed by atoms with Crippen molar-refractivity contribution >= 4 is 0 Å². The van der Waals surface area contributed by atoms with Crippen molar-refractivity contribution in [3.05, 3.63) is 0 Å². The van der Waals surface area contributed by atoms with Crippen LogP contribution in [-0.2, 0) is 39.0 Å². The predicted molar refractivity (Wildman–Crippen MR) is 53.8 cm³/mol. The molecule has 0 aliphatic rings. The summed E-state index contributed by atoms with van der Waals surface area (Å²) < 4.78 is 0. The van der Waals surface area contributed by atoms with Crippen LogP contribution in [0.4, 0.5) is 0 Å². The van der Waals surface area contributed by atoms with Gasteiger partial charge in [0.15, 0.2) is 0 Å². The van der Waals surface area contributed by atoms with Crippen LogP contribution in [0.15, 0.2) is 0 Å². The van der Waals surface area contributed by atoms with Gasteiger partial charge in [0.2, 0.25) is 0 Å². The summed E-state index contributed by atoms with van der Waals surface area (Å²) in [7, 11) is 0. The van der Waals surface area contributed by atoms with Crippen molar-refractivity contribution in [3.63, 3.8) is 0 Å². The van der Waals surface area contributed by atoms with Crippen LogP contribution < -0.4 is 24.8 Å². The maximum absolute atomic E-state index is 4.87. The van der Waals surface area contributed by atoms with Crippen molar-refractivity contribution in [2.75, 3.05) is 0 Å². The Hall–Kier alpha value is 0.0668. The summed E-state index contributed by atoms with van der Waals surface area (Å²) in [6.07, 6.45) is 22.3. The summed E-state index contributed by atoms with van der Waals surface area (Å²) in [5, 5.41) is 0. The molecule has 4 heteroatoms. The smallest absolute Gasteiger partial charge is 0.0196 e. The average molecular weight is 433 g/mol. The van der Waals surface area contributed by atoms with Gasteiger partial charge in [-0.15, -0.1) is 49.4 Å². The van der Waals surface area contributed by atoms with Crippen molar-refractivity contribution in [2.45, 2.75) is 25.7 Å². The Morgan fingerprint density at radius 3 is 0.688 bits per heavy atom. The van der Waals surface area contributed by atoms with Gasteiger partial charge < -0.3 is 24.8 Å². The van der Waals surface area contributed by atoms with E-state index in [1.165, 1.54) is 0 Å². The Bertz CT molecular complexity index is 192. The van der Waals surface area contributed by atoms with E-state index in [2.05, 4.69) is 23.7 Å². The zero-order chi connectivity index (χ0) is 9.66. The number of rotatable bonds is 2. The number of hydrogen-bond donors (Lipinski definition) is 0. The molecule has 0 spiro atoms. The molecule has 0 unspecified atom stereocenters. The van der Waals surface area contributed by atoms with Crippen molar-refractivity contribution < 1.29 is 63.8 Å². The summed E-state index contributed by atoms with van der Waals surface area (Å²) in [6.45, 7) is 0. The van der Waals surface area contributed by atoms with Crippen molar-refractivity contribution in [1.82, 2.24) is 0 Å². The zero-order valence-electron chi connectivity index (χ0n) is 8.56. The van der Waals surface area contributed by atoms with Gasteiger partial charge in [-0.05, 0) is 0 Å². The topological polar surface area (TPSA) is 0 Å². The fourth-order valence-electron chi connectivity index (χ4n) is 0.289. The molecule has 0 aliphatic carbocycles. The summed E-state index contributed by atoms with van der Waals surface area (Å²) in [5.41, 5.74) is 0. The summed E-state index contributed by atoms with van der Waals surface area (Å²) in [5.74, 6) is 9.70. The Kier molecular flexibility index (Phi) is 103. The molecule has 0 saturated heterocycles. The Labute approximate surface area is 138 Å². The van der Waals surface area contributed by atoms with E-state index >= 15 is 0 Å². The minimum Gasteiger partial charge on any atom is -1.00 e. The molecular formula is C12H12Cl2Rh2-2. The molecule has 0 nitrogen and oxygen atoms in total. The maximum Gasteiger partial charge on any atom is 0.0196 e. The van der Waals surface area contributed by atoms with E-state index in [0.29, 0.717) is 25.7 Å². The summed E-state index contributed by atoms with van der Waals surface area (Å²) >= 11 is 0. The zero-order valence-corrected chi connectivity index (χ0v) is 13.3. The van der Waals surface area contributed by atoms with E-state index < -0.39 is 0 Å². The predicted octanol–water partition coefficient (Wildman–Crippen LogP) is -3.93. The van der Waals surface area contributed by atoms with Crippen molar-refractivity contribution in [1.29, 1.82) is 0 Å². The van der Waals surface area contributed by atoms with Crippen LogP contribution in [0.5, 0.6) is 0 Å². The van der Waals surface area contributed by atoms with Crippen LogP contribution in [0.3, 0.4) is 0 Å². The molecule has 16 heavy (non-hydrogen) atoms. The molecule has 0 amide bonds. The second-order valence-electron chi connectivity index (χ2n) is 1.82. The second-order valence-corrected chi connectivity index (χ2v) is 1.82. The first-order chi connectivity index (χ1) is 5.83. The van der Waals surface area contributed by atoms with E-state index in [9.17, 15) is 0 Å². The molecule has 0 N–H and O–H groups in total. The summed E-state index contributed by atoms with van der Waals surface area (Å²) in [6, 6.07) is 0. The third-order valence-electron chi connectivity index (χ3n) is 0.827. The fourth-order valence-corrected chi connectivity index (χ4v) is 0.289. The first-order valence-electron chi connectivity index (χ1n) is 3.57. The van der Waals surface area contributed by atoms with Crippen LogP contribution in [0.25, 0.3) is 0 Å². The largest absolute Gasteiger partial charge is 1.00 e. The molecule has 0 heterocycles. The van der Waals surface area contributed by atoms with E-state index in [1.54, 1.807) is 0 Å². The average Bonchev–Trinajstić information content (AvgIpc) is 2.12. The van der Waals surface area contributed by atoms with Crippen LogP contribution in [0.1, 0.15) is 25.7 Å². The van der Waals surface area contributed by atoms with Gasteiger partial charge in [0, 0.05) is 64.6 Å². The fraction of sp³-hybridized carbons (Fsp3) is 0.333. The molecule has 0 aromatic rings. The minimum absolute atomic E-state index is 0. The molecule has 0 aliphatic heterocycles. The maximum atomic E-state index is 4.87. The standard InChI is InChI=1S/2C6H6.2ClH.2Rh/c2*1-3-5-6-4-2;;;;/h2*1-2H,5-6H2;2*1H;;/p-2. The van der Waals surface area contributed by atoms with Crippen molar-refractivity contribution in [3.8, 4) is 49.4 Å². The van der Waals surface area contributed by atoms with E-state index in [0.717, 1.165) is 0 Å². The third-order valence-corrected chi connectivity index (χ3v) is 0.827. The molecule has 0 aromatic heterocycles. The van der Waals surface area contributed by atoms with Gasteiger partial charge in [0.05, 0.1) is 0 Å². The normalized spacial score (nSPS) is 4.25. The molecule has 0 atom stereocenters. The molecule has 0 bridgehead atoms. The second kappa shape index (κ2) is 45.8. The number of halogens is 2. The molecule has 0 fully saturated rings. The van der Waals surface area contributed by atoms with Crippen LogP contribution in [0, 0.1) is 49.4 Å². The Morgan fingerprint density at radius 1 is 0.500 bits per heavy atom. The molecule has 0 saturated carbocycles. The van der Waals surface area contributed by atoms with E-state index in [-0.39, 0.29) is 63.8 Å². The van der Waals surface area contributed by atoms with Gasteiger partial charge in [-0.3, -0.25) is 0 Å². The van der Waals surface area contributed by atoms with E-state index in [4.69, 9.17) is 25.7 Å². The van der Waals surface area contributed by atoms with Crippen LogP contribution in [-0.4, -0.2) is 0 Å². The van der Waals surface area contributed by atoms with Crippen molar-refractivity contribution in [2.24, 2.45) is 0 Å². The third kappa shape index (κ3) is 65.3. The Balaban J connectivity index is -0.0000000250. The van der Waals surface area contributed by atoms with Gasteiger partial charge in [0.25, 0.3) is 0 Å². The molecule has 2 radical (unpaired) electrons. The minimum atomic E-state index is 0. The number of hydrogen-bond acceptors (Lipinski definition) is 0. The van der Waals surface area contributed by atoms with Gasteiger partial charge in [0.1, 0.15) is 0 Å². The molecule has 0 aromatic carbocycles. The molecule has 0 rings (SSSR count). The molecular weight excluding hydrogens is 421 g/mol. The SMILES string of the molecule is C#CCCC#C.C#CCCC#C.[Cl-].[Cl-].[Rh].[Rh]. The van der Waals surface area contributed by atoms with Gasteiger partial charge in [-0.1, -0.05) is 0 Å². The van der Waals surface area contributed by atoms with Crippen LogP contribution in [0.2, 0.25) is 0 Å². The van der Waals surface area contributed by atoms with Crippen LogP contribution >= 0.6 is 0 Å². The summed E-state index contributed by atoms with van der Waals surface area (Å²) in [4.78, 5) is 0.